The average molecular weight is 584 g/mol. The van der Waals surface area contributed by atoms with E-state index in [1.165, 1.54) is 6.08 Å². The van der Waals surface area contributed by atoms with Gasteiger partial charge in [0.25, 0.3) is 5.91 Å². The van der Waals surface area contributed by atoms with Crippen LogP contribution in [0.5, 0.6) is 0 Å². The van der Waals surface area contributed by atoms with Crippen LogP contribution in [0.2, 0.25) is 5.02 Å². The summed E-state index contributed by atoms with van der Waals surface area (Å²) in [6.07, 6.45) is 11.4. The molecule has 10 heteroatoms. The van der Waals surface area contributed by atoms with Gasteiger partial charge in [-0.1, -0.05) is 35.9 Å². The summed E-state index contributed by atoms with van der Waals surface area (Å²) >= 11 is 6.54. The molecule has 0 aliphatic heterocycles. The molecule has 4 aromatic rings. The molecule has 2 aromatic carbocycles. The second-order valence-electron chi connectivity index (χ2n) is 11.7. The number of benzene rings is 2. The largest absolute Gasteiger partial charge is 0.360 e. The van der Waals surface area contributed by atoms with Gasteiger partial charge in [-0.3, -0.25) is 9.59 Å². The van der Waals surface area contributed by atoms with Crippen LogP contribution in [0.3, 0.4) is 0 Å². The SMILES string of the molecule is CN(C)CC=CC(=O)Nc1ccc(C(=O)NC23CCCC(Nc4ncc(Cl)c(-c5c[nH]c6ccccc56)n4)(C2)C3)cc1. The Balaban J connectivity index is 1.09. The van der Waals surface area contributed by atoms with Gasteiger partial charge in [-0.05, 0) is 76.5 Å². The smallest absolute Gasteiger partial charge is 0.251 e. The molecule has 2 amide bonds. The van der Waals surface area contributed by atoms with Gasteiger partial charge < -0.3 is 25.8 Å². The van der Waals surface area contributed by atoms with Crippen LogP contribution >= 0.6 is 11.6 Å². The van der Waals surface area contributed by atoms with Gasteiger partial charge >= 0.3 is 0 Å². The maximum Gasteiger partial charge on any atom is 0.251 e. The lowest BCUT2D eigenvalue weighted by Crippen LogP contribution is -2.70. The molecule has 4 N–H and O–H groups in total. The molecule has 7 rings (SSSR count). The van der Waals surface area contributed by atoms with E-state index in [2.05, 4.69) is 25.9 Å². The fraction of sp³-hybridized carbons (Fsp3) is 0.312. The molecular weight excluding hydrogens is 550 g/mol. The summed E-state index contributed by atoms with van der Waals surface area (Å²) in [6, 6.07) is 15.0. The van der Waals surface area contributed by atoms with Gasteiger partial charge in [0.05, 0.1) is 16.9 Å². The number of rotatable bonds is 9. The van der Waals surface area contributed by atoms with E-state index in [9.17, 15) is 9.59 Å². The third-order valence-electron chi connectivity index (χ3n) is 8.16. The maximum atomic E-state index is 13.2. The fourth-order valence-electron chi connectivity index (χ4n) is 6.36. The number of amides is 2. The number of nitrogens with zero attached hydrogens (tertiary/aromatic N) is 3. The van der Waals surface area contributed by atoms with Crippen LogP contribution in [-0.4, -0.2) is 63.4 Å². The summed E-state index contributed by atoms with van der Waals surface area (Å²) in [6.45, 7) is 0.684. The van der Waals surface area contributed by atoms with Crippen LogP contribution in [0, 0.1) is 0 Å². The molecule has 42 heavy (non-hydrogen) atoms. The molecule has 0 spiro atoms. The highest BCUT2D eigenvalue weighted by molar-refractivity contribution is 6.33. The number of anilines is 2. The van der Waals surface area contributed by atoms with E-state index in [1.54, 1.807) is 36.5 Å². The summed E-state index contributed by atoms with van der Waals surface area (Å²) in [5.74, 6) is 0.223. The van der Waals surface area contributed by atoms with Crippen LogP contribution < -0.4 is 16.0 Å². The number of likely N-dealkylation sites (N-methyl/N-ethyl adjacent to an activating group) is 1. The lowest BCUT2D eigenvalue weighted by atomic mass is 9.54. The molecule has 3 fully saturated rings. The second kappa shape index (κ2) is 11.2. The third kappa shape index (κ3) is 5.75. The maximum absolute atomic E-state index is 13.2. The van der Waals surface area contributed by atoms with Crippen molar-refractivity contribution in [2.45, 2.75) is 43.2 Å². The molecule has 2 aromatic heterocycles. The van der Waals surface area contributed by atoms with Gasteiger partial charge in [-0.15, -0.1) is 0 Å². The first-order valence-electron chi connectivity index (χ1n) is 14.2. The first-order valence-corrected chi connectivity index (χ1v) is 14.5. The number of aromatic nitrogens is 3. The van der Waals surface area contributed by atoms with Gasteiger partial charge in [-0.25, -0.2) is 9.97 Å². The van der Waals surface area contributed by atoms with Gasteiger partial charge in [0.15, 0.2) is 0 Å². The first-order chi connectivity index (χ1) is 20.2. The van der Waals surface area contributed by atoms with E-state index in [0.29, 0.717) is 34.5 Å². The second-order valence-corrected chi connectivity index (χ2v) is 12.1. The highest BCUT2D eigenvalue weighted by Crippen LogP contribution is 2.53. The van der Waals surface area contributed by atoms with Crippen molar-refractivity contribution < 1.29 is 9.59 Å². The quantitative estimate of drug-likeness (QED) is 0.190. The van der Waals surface area contributed by atoms with Crippen molar-refractivity contribution in [1.29, 1.82) is 0 Å². The molecule has 2 heterocycles. The average Bonchev–Trinajstić information content (AvgIpc) is 3.38. The number of H-pyrrole nitrogens is 1. The van der Waals surface area contributed by atoms with Crippen molar-refractivity contribution in [2.24, 2.45) is 0 Å². The van der Waals surface area contributed by atoms with E-state index in [1.807, 2.05) is 49.5 Å². The monoisotopic (exact) mass is 583 g/mol. The van der Waals surface area contributed by atoms with E-state index in [4.69, 9.17) is 16.6 Å². The zero-order chi connectivity index (χ0) is 29.3. The predicted octanol–water partition coefficient (Wildman–Crippen LogP) is 5.63. The molecule has 216 valence electrons. The van der Waals surface area contributed by atoms with E-state index in [-0.39, 0.29) is 22.9 Å². The Hall–Kier alpha value is -4.21. The topological polar surface area (TPSA) is 115 Å². The van der Waals surface area contributed by atoms with Crippen molar-refractivity contribution in [1.82, 2.24) is 25.2 Å². The molecule has 0 atom stereocenters. The van der Waals surface area contributed by atoms with Crippen LogP contribution in [0.4, 0.5) is 11.6 Å². The van der Waals surface area contributed by atoms with Crippen molar-refractivity contribution in [3.63, 3.8) is 0 Å². The highest BCUT2D eigenvalue weighted by Gasteiger charge is 2.58. The number of hydrogen-bond donors (Lipinski definition) is 4. The zero-order valence-electron chi connectivity index (χ0n) is 23.7. The molecule has 0 unspecified atom stereocenters. The van der Waals surface area contributed by atoms with Crippen LogP contribution in [0.1, 0.15) is 42.5 Å². The van der Waals surface area contributed by atoms with E-state index < -0.39 is 0 Å². The minimum absolute atomic E-state index is 0.112. The van der Waals surface area contributed by atoms with Gasteiger partial charge in [0.2, 0.25) is 11.9 Å². The Labute approximate surface area is 249 Å². The minimum Gasteiger partial charge on any atom is -0.360 e. The molecule has 9 nitrogen and oxygen atoms in total. The number of hydrogen-bond acceptors (Lipinski definition) is 6. The zero-order valence-corrected chi connectivity index (χ0v) is 24.5. The third-order valence-corrected chi connectivity index (χ3v) is 8.44. The number of halogens is 1. The summed E-state index contributed by atoms with van der Waals surface area (Å²) in [5.41, 5.74) is 3.40. The van der Waals surface area contributed by atoms with Gasteiger partial charge in [0.1, 0.15) is 0 Å². The highest BCUT2D eigenvalue weighted by atomic mass is 35.5. The van der Waals surface area contributed by atoms with Crippen LogP contribution in [0.15, 0.2) is 73.1 Å². The van der Waals surface area contributed by atoms with Crippen LogP contribution in [0.25, 0.3) is 22.2 Å². The van der Waals surface area contributed by atoms with Crippen molar-refractivity contribution in [3.8, 4) is 11.3 Å². The fourth-order valence-corrected chi connectivity index (χ4v) is 6.55. The molecule has 3 aliphatic rings. The van der Waals surface area contributed by atoms with E-state index in [0.717, 1.165) is 48.6 Å². The van der Waals surface area contributed by atoms with Crippen LogP contribution in [-0.2, 0) is 4.79 Å². The number of para-hydroxylation sites is 1. The lowest BCUT2D eigenvalue weighted by Gasteiger charge is -2.60. The molecule has 3 saturated carbocycles. The Morgan fingerprint density at radius 1 is 1.07 bits per heavy atom. The normalized spacial score (nSPS) is 21.3. The van der Waals surface area contributed by atoms with Gasteiger partial charge in [-0.2, -0.15) is 0 Å². The first kappa shape index (κ1) is 27.9. The summed E-state index contributed by atoms with van der Waals surface area (Å²) in [7, 11) is 3.88. The lowest BCUT2D eigenvalue weighted by molar-refractivity contribution is -0.111. The van der Waals surface area contributed by atoms with Gasteiger partial charge in [0, 0.05) is 57.6 Å². The number of fused-ring (bicyclic) bond motifs is 3. The number of aromatic amines is 1. The van der Waals surface area contributed by atoms with Crippen molar-refractivity contribution in [3.05, 3.63) is 83.7 Å². The summed E-state index contributed by atoms with van der Waals surface area (Å²) in [4.78, 5) is 39.9. The van der Waals surface area contributed by atoms with E-state index >= 15 is 0 Å². The number of carbonyl (C=O) groups is 2. The molecule has 0 radical (unpaired) electrons. The number of carbonyl (C=O) groups excluding carboxylic acids is 2. The van der Waals surface area contributed by atoms with Crippen molar-refractivity contribution in [2.75, 3.05) is 31.3 Å². The molecule has 0 saturated heterocycles. The summed E-state index contributed by atoms with van der Waals surface area (Å²) < 4.78 is 0. The molecule has 3 aliphatic carbocycles. The Kier molecular flexibility index (Phi) is 7.47. The Morgan fingerprint density at radius 3 is 2.62 bits per heavy atom. The molecule has 2 bridgehead atoms. The number of nitrogens with one attached hydrogen (secondary N) is 4. The summed E-state index contributed by atoms with van der Waals surface area (Å²) in [5, 5.41) is 11.3. The Morgan fingerprint density at radius 2 is 1.83 bits per heavy atom. The molecular formula is C32H34ClN7O2. The van der Waals surface area contributed by atoms with Crippen molar-refractivity contribution >= 4 is 46.0 Å². The minimum atomic E-state index is -0.265. The Bertz CT molecular complexity index is 1660. The standard InChI is InChI=1S/C32H34ClN7O2/c1-40(2)16-5-9-27(41)36-22-12-10-21(11-13-22)29(42)38-31-14-6-15-32(19-31,20-31)39-30-35-18-25(33)28(37-30)24-17-34-26-8-4-3-7-23(24)26/h3-5,7-13,17-18,34H,6,14-16,19-20H2,1-2H3,(H,36,41)(H,38,42)(H,35,37,39). The predicted molar refractivity (Wildman–Crippen MR) is 167 cm³/mol.